The van der Waals surface area contributed by atoms with Gasteiger partial charge in [0.1, 0.15) is 0 Å². The number of hydrogen-bond donors (Lipinski definition) is 1. The summed E-state index contributed by atoms with van der Waals surface area (Å²) in [5.41, 5.74) is 0. The lowest BCUT2D eigenvalue weighted by atomic mass is 10.1. The summed E-state index contributed by atoms with van der Waals surface area (Å²) >= 11 is 4.26. The Bertz CT molecular complexity index is 70.8. The monoisotopic (exact) mass is 130 g/mol. The third-order valence-electron chi connectivity index (χ3n) is 2.06. The van der Waals surface area contributed by atoms with Gasteiger partial charge in [0.2, 0.25) is 0 Å². The van der Waals surface area contributed by atoms with Crippen molar-refractivity contribution in [2.75, 3.05) is 5.75 Å². The molecule has 0 aromatic carbocycles. The van der Waals surface area contributed by atoms with Crippen molar-refractivity contribution in [2.45, 2.75) is 26.2 Å². The Morgan fingerprint density at radius 1 is 1.50 bits per heavy atom. The molecule has 0 aliphatic heterocycles. The molecule has 1 rings (SSSR count). The van der Waals surface area contributed by atoms with E-state index in [2.05, 4.69) is 19.6 Å². The van der Waals surface area contributed by atoms with Gasteiger partial charge in [-0.2, -0.15) is 12.6 Å². The summed E-state index contributed by atoms with van der Waals surface area (Å²) in [6.45, 7) is 2.34. The van der Waals surface area contributed by atoms with Gasteiger partial charge in [-0.1, -0.05) is 13.3 Å². The zero-order chi connectivity index (χ0) is 5.98. The van der Waals surface area contributed by atoms with Crippen molar-refractivity contribution in [3.63, 3.8) is 0 Å². The summed E-state index contributed by atoms with van der Waals surface area (Å²) in [7, 11) is 0. The highest BCUT2D eigenvalue weighted by Crippen LogP contribution is 2.30. The van der Waals surface area contributed by atoms with Crippen molar-refractivity contribution in [1.29, 1.82) is 0 Å². The second-order valence-electron chi connectivity index (χ2n) is 2.97. The van der Waals surface area contributed by atoms with Crippen molar-refractivity contribution < 1.29 is 0 Å². The minimum atomic E-state index is 0.938. The molecule has 48 valence electrons. The number of hydrogen-bond acceptors (Lipinski definition) is 1. The zero-order valence-corrected chi connectivity index (χ0v) is 6.32. The lowest BCUT2D eigenvalue weighted by Gasteiger charge is -2.01. The third kappa shape index (κ3) is 1.41. The first kappa shape index (κ1) is 6.47. The van der Waals surface area contributed by atoms with E-state index in [1.54, 1.807) is 0 Å². The van der Waals surface area contributed by atoms with Gasteiger partial charge in [-0.05, 0) is 30.4 Å². The molecule has 0 aromatic rings. The van der Waals surface area contributed by atoms with Crippen LogP contribution in [0.2, 0.25) is 0 Å². The SMILES string of the molecule is CC1CCC(CS)C1. The molecule has 0 spiro atoms. The van der Waals surface area contributed by atoms with E-state index < -0.39 is 0 Å². The van der Waals surface area contributed by atoms with E-state index in [1.165, 1.54) is 19.3 Å². The standard InChI is InChI=1S/C7H14S/c1-6-2-3-7(4-6)5-8/h6-8H,2-5H2,1H3. The molecule has 1 fully saturated rings. The molecular formula is C7H14S. The van der Waals surface area contributed by atoms with Gasteiger partial charge < -0.3 is 0 Å². The van der Waals surface area contributed by atoms with E-state index in [1.807, 2.05) is 0 Å². The first-order chi connectivity index (χ1) is 3.83. The Balaban J connectivity index is 2.22. The van der Waals surface area contributed by atoms with Gasteiger partial charge in [-0.15, -0.1) is 0 Å². The highest BCUT2D eigenvalue weighted by Gasteiger charge is 2.19. The summed E-state index contributed by atoms with van der Waals surface area (Å²) in [6, 6.07) is 0. The molecule has 0 heterocycles. The Morgan fingerprint density at radius 3 is 2.50 bits per heavy atom. The predicted octanol–water partition coefficient (Wildman–Crippen LogP) is 2.35. The maximum absolute atomic E-state index is 4.26. The van der Waals surface area contributed by atoms with Crippen LogP contribution in [0.3, 0.4) is 0 Å². The van der Waals surface area contributed by atoms with Crippen LogP contribution in [0, 0.1) is 11.8 Å². The van der Waals surface area contributed by atoms with Crippen LogP contribution in [0.1, 0.15) is 26.2 Å². The van der Waals surface area contributed by atoms with Gasteiger partial charge >= 0.3 is 0 Å². The van der Waals surface area contributed by atoms with E-state index in [9.17, 15) is 0 Å². The molecule has 1 aliphatic carbocycles. The fourth-order valence-corrected chi connectivity index (χ4v) is 1.82. The van der Waals surface area contributed by atoms with E-state index in [0.29, 0.717) is 0 Å². The second-order valence-corrected chi connectivity index (χ2v) is 3.33. The van der Waals surface area contributed by atoms with Crippen LogP contribution in [0.15, 0.2) is 0 Å². The summed E-state index contributed by atoms with van der Waals surface area (Å²) < 4.78 is 0. The minimum absolute atomic E-state index is 0.938. The first-order valence-electron chi connectivity index (χ1n) is 3.43. The molecule has 0 N–H and O–H groups in total. The van der Waals surface area contributed by atoms with Crippen LogP contribution in [0.5, 0.6) is 0 Å². The average Bonchev–Trinajstić information content (AvgIpc) is 2.14. The molecule has 0 aromatic heterocycles. The highest BCUT2D eigenvalue weighted by atomic mass is 32.1. The third-order valence-corrected chi connectivity index (χ3v) is 2.58. The van der Waals surface area contributed by atoms with Crippen LogP contribution in [0.25, 0.3) is 0 Å². The Kier molecular flexibility index (Phi) is 2.24. The molecule has 2 atom stereocenters. The maximum Gasteiger partial charge on any atom is -0.00694 e. The molecule has 2 unspecified atom stereocenters. The molecule has 0 nitrogen and oxygen atoms in total. The molecule has 0 radical (unpaired) electrons. The van der Waals surface area contributed by atoms with Crippen molar-refractivity contribution in [1.82, 2.24) is 0 Å². The van der Waals surface area contributed by atoms with Gasteiger partial charge in [0.25, 0.3) is 0 Å². The molecule has 1 aliphatic rings. The van der Waals surface area contributed by atoms with Crippen molar-refractivity contribution in [3.8, 4) is 0 Å². The quantitative estimate of drug-likeness (QED) is 0.517. The van der Waals surface area contributed by atoms with Crippen LogP contribution >= 0.6 is 12.6 Å². The normalized spacial score (nSPS) is 38.2. The van der Waals surface area contributed by atoms with E-state index in [0.717, 1.165) is 17.6 Å². The lowest BCUT2D eigenvalue weighted by molar-refractivity contribution is 0.562. The van der Waals surface area contributed by atoms with Gasteiger partial charge in [0.05, 0.1) is 0 Å². The molecule has 0 saturated heterocycles. The number of thiol groups is 1. The molecule has 0 bridgehead atoms. The lowest BCUT2D eigenvalue weighted by Crippen LogP contribution is -1.94. The fourth-order valence-electron chi connectivity index (χ4n) is 1.49. The van der Waals surface area contributed by atoms with Gasteiger partial charge in [-0.3, -0.25) is 0 Å². The molecule has 1 saturated carbocycles. The summed E-state index contributed by atoms with van der Waals surface area (Å²) in [6.07, 6.45) is 4.28. The van der Waals surface area contributed by atoms with Crippen molar-refractivity contribution in [2.24, 2.45) is 11.8 Å². The summed E-state index contributed by atoms with van der Waals surface area (Å²) in [4.78, 5) is 0. The summed E-state index contributed by atoms with van der Waals surface area (Å²) in [5.74, 6) is 3.02. The Morgan fingerprint density at radius 2 is 2.25 bits per heavy atom. The molecule has 8 heavy (non-hydrogen) atoms. The molecular weight excluding hydrogens is 116 g/mol. The summed E-state index contributed by atoms with van der Waals surface area (Å²) in [5, 5.41) is 0. The maximum atomic E-state index is 4.26. The largest absolute Gasteiger partial charge is 0.179 e. The molecule has 1 heteroatoms. The van der Waals surface area contributed by atoms with Gasteiger partial charge in [0, 0.05) is 0 Å². The van der Waals surface area contributed by atoms with Gasteiger partial charge in [-0.25, -0.2) is 0 Å². The average molecular weight is 130 g/mol. The van der Waals surface area contributed by atoms with E-state index in [4.69, 9.17) is 0 Å². The van der Waals surface area contributed by atoms with Crippen LogP contribution in [-0.4, -0.2) is 5.75 Å². The Hall–Kier alpha value is 0.350. The smallest absolute Gasteiger partial charge is 0.00694 e. The van der Waals surface area contributed by atoms with E-state index in [-0.39, 0.29) is 0 Å². The topological polar surface area (TPSA) is 0 Å². The van der Waals surface area contributed by atoms with Crippen molar-refractivity contribution in [3.05, 3.63) is 0 Å². The zero-order valence-electron chi connectivity index (χ0n) is 5.43. The Labute approximate surface area is 57.1 Å². The minimum Gasteiger partial charge on any atom is -0.179 e. The van der Waals surface area contributed by atoms with Crippen LogP contribution in [-0.2, 0) is 0 Å². The van der Waals surface area contributed by atoms with Gasteiger partial charge in [0.15, 0.2) is 0 Å². The second kappa shape index (κ2) is 2.77. The molecule has 0 amide bonds. The van der Waals surface area contributed by atoms with E-state index >= 15 is 0 Å². The van der Waals surface area contributed by atoms with Crippen LogP contribution in [0.4, 0.5) is 0 Å². The van der Waals surface area contributed by atoms with Crippen LogP contribution < -0.4 is 0 Å². The predicted molar refractivity (Wildman–Crippen MR) is 40.4 cm³/mol. The fraction of sp³-hybridized carbons (Fsp3) is 1.00. The highest BCUT2D eigenvalue weighted by molar-refractivity contribution is 7.80. The number of rotatable bonds is 1. The van der Waals surface area contributed by atoms with Crippen molar-refractivity contribution >= 4 is 12.6 Å². The first-order valence-corrected chi connectivity index (χ1v) is 4.07.